The second-order valence-electron chi connectivity index (χ2n) is 8.29. The van der Waals surface area contributed by atoms with Crippen LogP contribution in [0.5, 0.6) is 5.75 Å². The first-order valence-corrected chi connectivity index (χ1v) is 10.7. The maximum Gasteiger partial charge on any atom is 0.294 e. The van der Waals surface area contributed by atoms with E-state index in [1.165, 1.54) is 17.2 Å². The number of amides is 1. The first-order valence-electron chi connectivity index (χ1n) is 10.7. The Labute approximate surface area is 192 Å². The van der Waals surface area contributed by atoms with Crippen molar-refractivity contribution >= 4 is 23.1 Å². The van der Waals surface area contributed by atoms with Crippen molar-refractivity contribution in [2.45, 2.75) is 26.0 Å². The zero-order valence-electron chi connectivity index (χ0n) is 19.0. The minimum Gasteiger partial charge on any atom is -0.503 e. The van der Waals surface area contributed by atoms with Gasteiger partial charge in [-0.2, -0.15) is 0 Å². The lowest BCUT2D eigenvalue weighted by Crippen LogP contribution is -2.31. The Morgan fingerprint density at radius 1 is 1.06 bits per heavy atom. The summed E-state index contributed by atoms with van der Waals surface area (Å²) >= 11 is 0. The smallest absolute Gasteiger partial charge is 0.294 e. The summed E-state index contributed by atoms with van der Waals surface area (Å²) in [5.74, 6) is -1.03. The van der Waals surface area contributed by atoms with E-state index in [0.717, 1.165) is 5.69 Å². The minimum atomic E-state index is -0.826. The summed E-state index contributed by atoms with van der Waals surface area (Å²) in [4.78, 5) is 29.8. The highest BCUT2D eigenvalue weighted by atomic mass is 16.5. The van der Waals surface area contributed by atoms with Crippen LogP contribution < -0.4 is 14.5 Å². The van der Waals surface area contributed by atoms with Crippen molar-refractivity contribution in [3.05, 3.63) is 89.6 Å². The van der Waals surface area contributed by atoms with Crippen LogP contribution in [-0.2, 0) is 4.79 Å². The molecule has 1 N–H and O–H groups in total. The van der Waals surface area contributed by atoms with E-state index in [4.69, 9.17) is 9.15 Å². The molecule has 2 aromatic carbocycles. The van der Waals surface area contributed by atoms with Gasteiger partial charge >= 0.3 is 0 Å². The lowest BCUT2D eigenvalue weighted by molar-refractivity contribution is -0.117. The molecule has 4 rings (SSSR count). The number of furan rings is 1. The van der Waals surface area contributed by atoms with Crippen molar-refractivity contribution in [2.75, 3.05) is 23.9 Å². The Morgan fingerprint density at radius 3 is 2.27 bits per heavy atom. The number of carbonyl (C=O) groups is 2. The van der Waals surface area contributed by atoms with Gasteiger partial charge in [-0.1, -0.05) is 12.1 Å². The molecule has 3 aromatic rings. The monoisotopic (exact) mass is 446 g/mol. The predicted molar refractivity (Wildman–Crippen MR) is 126 cm³/mol. The highest BCUT2D eigenvalue weighted by molar-refractivity contribution is 6.20. The van der Waals surface area contributed by atoms with E-state index in [1.54, 1.807) is 42.5 Å². The summed E-state index contributed by atoms with van der Waals surface area (Å²) in [6.07, 6.45) is 1.39. The van der Waals surface area contributed by atoms with Crippen LogP contribution in [0.4, 0.5) is 11.4 Å². The van der Waals surface area contributed by atoms with Crippen LogP contribution in [0.3, 0.4) is 0 Å². The molecule has 0 bridgehead atoms. The number of benzene rings is 2. The number of anilines is 2. The fourth-order valence-corrected chi connectivity index (χ4v) is 3.87. The van der Waals surface area contributed by atoms with Crippen LogP contribution in [-0.4, -0.2) is 37.0 Å². The molecule has 1 amide bonds. The summed E-state index contributed by atoms with van der Waals surface area (Å²) in [5, 5.41) is 10.8. The number of aliphatic hydroxyl groups excluding tert-OH is 1. The average Bonchev–Trinajstić information content (AvgIpc) is 3.41. The van der Waals surface area contributed by atoms with Gasteiger partial charge in [0.2, 0.25) is 5.78 Å². The van der Waals surface area contributed by atoms with Gasteiger partial charge in [0.1, 0.15) is 5.75 Å². The number of rotatable bonds is 7. The number of carbonyl (C=O) groups excluding carboxylic acids is 2. The van der Waals surface area contributed by atoms with Gasteiger partial charge in [-0.3, -0.25) is 14.5 Å². The lowest BCUT2D eigenvalue weighted by Gasteiger charge is -2.27. The fourth-order valence-electron chi connectivity index (χ4n) is 3.87. The third-order valence-electron chi connectivity index (χ3n) is 5.41. The molecule has 1 aromatic heterocycles. The van der Waals surface area contributed by atoms with Crippen molar-refractivity contribution in [3.8, 4) is 5.75 Å². The van der Waals surface area contributed by atoms with Crippen molar-refractivity contribution in [2.24, 2.45) is 0 Å². The van der Waals surface area contributed by atoms with Gasteiger partial charge in [0.25, 0.3) is 5.91 Å². The highest BCUT2D eigenvalue weighted by Gasteiger charge is 2.45. The molecule has 0 radical (unpaired) electrons. The van der Waals surface area contributed by atoms with E-state index in [0.29, 0.717) is 17.0 Å². The topological polar surface area (TPSA) is 83.2 Å². The molecule has 33 heavy (non-hydrogen) atoms. The van der Waals surface area contributed by atoms with E-state index < -0.39 is 23.5 Å². The summed E-state index contributed by atoms with van der Waals surface area (Å²) in [6, 6.07) is 16.8. The Balaban J connectivity index is 1.80. The number of ether oxygens (including phenoxy) is 1. The molecule has 1 aliphatic rings. The van der Waals surface area contributed by atoms with Gasteiger partial charge in [-0.15, -0.1) is 0 Å². The van der Waals surface area contributed by atoms with Crippen molar-refractivity contribution in [1.29, 1.82) is 0 Å². The first-order chi connectivity index (χ1) is 15.8. The highest BCUT2D eigenvalue weighted by Crippen LogP contribution is 2.42. The Bertz CT molecular complexity index is 1180. The molecule has 1 atom stereocenters. The Morgan fingerprint density at radius 2 is 1.73 bits per heavy atom. The molecular weight excluding hydrogens is 420 g/mol. The molecule has 2 heterocycles. The van der Waals surface area contributed by atoms with Crippen molar-refractivity contribution in [1.82, 2.24) is 0 Å². The van der Waals surface area contributed by atoms with Crippen LogP contribution in [0.15, 0.2) is 82.7 Å². The zero-order valence-corrected chi connectivity index (χ0v) is 19.0. The molecular formula is C26H26N2O5. The third kappa shape index (κ3) is 4.22. The van der Waals surface area contributed by atoms with E-state index in [2.05, 4.69) is 0 Å². The van der Waals surface area contributed by atoms with E-state index in [9.17, 15) is 14.7 Å². The molecule has 0 fully saturated rings. The maximum atomic E-state index is 13.3. The van der Waals surface area contributed by atoms with Crippen LogP contribution >= 0.6 is 0 Å². The lowest BCUT2D eigenvalue weighted by atomic mass is 9.94. The molecule has 7 heteroatoms. The standard InChI is InChI=1S/C26H26N2O5/c1-16(2)33-20-13-7-17(8-14-20)23-22(24(29)21-6-5-15-32-21)25(30)26(31)28(23)19-11-9-18(10-12-19)27(3)4/h5-16,23,30H,1-4H3. The van der Waals surface area contributed by atoms with Crippen LogP contribution in [0.25, 0.3) is 0 Å². The number of hydrogen-bond donors (Lipinski definition) is 1. The SMILES string of the molecule is CC(C)Oc1ccc(C2C(C(=O)c3ccco3)=C(O)C(=O)N2c2ccc(N(C)C)cc2)cc1. The quantitative estimate of drug-likeness (QED) is 0.519. The number of hydrogen-bond acceptors (Lipinski definition) is 6. The summed E-state index contributed by atoms with van der Waals surface area (Å²) in [5.41, 5.74) is 2.16. The summed E-state index contributed by atoms with van der Waals surface area (Å²) < 4.78 is 11.0. The van der Waals surface area contributed by atoms with Gasteiger partial charge in [0.05, 0.1) is 24.0 Å². The minimum absolute atomic E-state index is 0.00986. The number of aliphatic hydroxyl groups is 1. The second-order valence-corrected chi connectivity index (χ2v) is 8.29. The van der Waals surface area contributed by atoms with Gasteiger partial charge in [-0.25, -0.2) is 0 Å². The summed E-state index contributed by atoms with van der Waals surface area (Å²) in [6.45, 7) is 3.87. The van der Waals surface area contributed by atoms with Crippen LogP contribution in [0.1, 0.15) is 36.0 Å². The van der Waals surface area contributed by atoms with E-state index >= 15 is 0 Å². The first kappa shape index (κ1) is 22.2. The van der Waals surface area contributed by atoms with Crippen LogP contribution in [0, 0.1) is 0 Å². The molecule has 0 saturated carbocycles. The van der Waals surface area contributed by atoms with Gasteiger partial charge < -0.3 is 19.2 Å². The van der Waals surface area contributed by atoms with Crippen molar-refractivity contribution < 1.29 is 23.8 Å². The molecule has 170 valence electrons. The summed E-state index contributed by atoms with van der Waals surface area (Å²) in [7, 11) is 3.85. The third-order valence-corrected chi connectivity index (χ3v) is 5.41. The predicted octanol–water partition coefficient (Wildman–Crippen LogP) is 4.92. The molecule has 7 nitrogen and oxygen atoms in total. The largest absolute Gasteiger partial charge is 0.503 e. The van der Waals surface area contributed by atoms with Gasteiger partial charge in [0.15, 0.2) is 11.5 Å². The molecule has 0 saturated heterocycles. The number of ketones is 1. The van der Waals surface area contributed by atoms with Gasteiger partial charge in [0, 0.05) is 25.5 Å². The second kappa shape index (κ2) is 8.86. The van der Waals surface area contributed by atoms with Crippen molar-refractivity contribution in [3.63, 3.8) is 0 Å². The maximum absolute atomic E-state index is 13.3. The normalized spacial score (nSPS) is 16.0. The van der Waals surface area contributed by atoms with E-state index in [-0.39, 0.29) is 17.4 Å². The number of Topliss-reactive ketones (excluding diaryl/α,β-unsaturated/α-hetero) is 1. The Hall–Kier alpha value is -4.00. The molecule has 1 aliphatic heterocycles. The fraction of sp³-hybridized carbons (Fsp3) is 0.231. The average molecular weight is 447 g/mol. The van der Waals surface area contributed by atoms with E-state index in [1.807, 2.05) is 45.0 Å². The molecule has 1 unspecified atom stereocenters. The molecule has 0 spiro atoms. The van der Waals surface area contributed by atoms with Gasteiger partial charge in [-0.05, 0) is 67.9 Å². The zero-order chi connectivity index (χ0) is 23.7. The Kier molecular flexibility index (Phi) is 5.96. The number of nitrogens with zero attached hydrogens (tertiary/aromatic N) is 2. The van der Waals surface area contributed by atoms with Crippen LogP contribution in [0.2, 0.25) is 0 Å². The molecule has 0 aliphatic carbocycles.